The van der Waals surface area contributed by atoms with Crippen molar-refractivity contribution in [2.45, 2.75) is 11.8 Å². The normalized spacial score (nSPS) is 11.5. The molecule has 0 aliphatic rings. The van der Waals surface area contributed by atoms with Gasteiger partial charge in [0.2, 0.25) is 15.9 Å². The fourth-order valence-electron chi connectivity index (χ4n) is 1.92. The molecule has 1 heterocycles. The van der Waals surface area contributed by atoms with Crippen molar-refractivity contribution in [3.63, 3.8) is 0 Å². The van der Waals surface area contributed by atoms with Crippen molar-refractivity contribution >= 4 is 45.0 Å². The van der Waals surface area contributed by atoms with Gasteiger partial charge >= 0.3 is 5.97 Å². The van der Waals surface area contributed by atoms with Crippen LogP contribution >= 0.6 is 11.3 Å². The third-order valence-corrected chi connectivity index (χ3v) is 5.76. The van der Waals surface area contributed by atoms with Gasteiger partial charge < -0.3 is 10.1 Å². The average molecular weight is 394 g/mol. The van der Waals surface area contributed by atoms with Gasteiger partial charge in [-0.05, 0) is 54.3 Å². The first-order valence-electron chi connectivity index (χ1n) is 7.51. The molecule has 0 aliphatic heterocycles. The molecule has 0 bridgehead atoms. The molecule has 0 saturated heterocycles. The highest BCUT2D eigenvalue weighted by atomic mass is 32.2. The summed E-state index contributed by atoms with van der Waals surface area (Å²) in [4.78, 5) is 23.9. The lowest BCUT2D eigenvalue weighted by Gasteiger charge is -2.07. The summed E-state index contributed by atoms with van der Waals surface area (Å²) in [5.41, 5.74) is 1.54. The summed E-state index contributed by atoms with van der Waals surface area (Å²) >= 11 is 1.54. The number of carbonyl (C=O) groups excluding carboxylic acids is 2. The Hall–Kier alpha value is -2.49. The summed E-state index contributed by atoms with van der Waals surface area (Å²) in [5.74, 6) is -1.01. The first-order valence-corrected chi connectivity index (χ1v) is 9.88. The number of hydrogen-bond donors (Lipinski definition) is 2. The van der Waals surface area contributed by atoms with Crippen LogP contribution in [0.15, 0.2) is 46.7 Å². The predicted molar refractivity (Wildman–Crippen MR) is 100 cm³/mol. The van der Waals surface area contributed by atoms with E-state index in [2.05, 4.69) is 14.8 Å². The molecule has 0 aliphatic carbocycles. The third-order valence-electron chi connectivity index (χ3n) is 3.35. The van der Waals surface area contributed by atoms with Crippen molar-refractivity contribution in [1.82, 2.24) is 4.72 Å². The van der Waals surface area contributed by atoms with Crippen LogP contribution in [0.4, 0.5) is 5.69 Å². The minimum Gasteiger partial charge on any atom is -0.468 e. The van der Waals surface area contributed by atoms with E-state index in [0.717, 1.165) is 10.4 Å². The number of carbonyl (C=O) groups is 2. The molecular weight excluding hydrogens is 376 g/mol. The quantitative estimate of drug-likeness (QED) is 0.553. The molecule has 0 spiro atoms. The highest BCUT2D eigenvalue weighted by molar-refractivity contribution is 7.89. The van der Waals surface area contributed by atoms with Gasteiger partial charge in [-0.25, -0.2) is 8.42 Å². The molecule has 138 valence electrons. The molecule has 9 heteroatoms. The van der Waals surface area contributed by atoms with Crippen LogP contribution in [0.3, 0.4) is 0 Å². The summed E-state index contributed by atoms with van der Waals surface area (Å²) in [6.45, 7) is 1.51. The first kappa shape index (κ1) is 19.8. The molecule has 7 nitrogen and oxygen atoms in total. The van der Waals surface area contributed by atoms with Crippen LogP contribution in [0.25, 0.3) is 6.08 Å². The Labute approximate surface area is 155 Å². The van der Waals surface area contributed by atoms with Gasteiger partial charge in [0.15, 0.2) is 0 Å². The molecule has 0 saturated carbocycles. The Balaban J connectivity index is 1.98. The number of benzene rings is 1. The summed E-state index contributed by atoms with van der Waals surface area (Å²) in [6, 6.07) is 7.57. The van der Waals surface area contributed by atoms with Gasteiger partial charge in [-0.1, -0.05) is 0 Å². The number of hydrogen-bond acceptors (Lipinski definition) is 6. The van der Waals surface area contributed by atoms with E-state index in [9.17, 15) is 18.0 Å². The Morgan fingerprint density at radius 1 is 1.19 bits per heavy atom. The minimum absolute atomic E-state index is 0.0239. The molecule has 2 N–H and O–H groups in total. The lowest BCUT2D eigenvalue weighted by molar-refractivity contribution is -0.139. The number of amides is 1. The maximum absolute atomic E-state index is 12.0. The molecule has 0 unspecified atom stereocenters. The van der Waals surface area contributed by atoms with E-state index in [-0.39, 0.29) is 10.8 Å². The van der Waals surface area contributed by atoms with Crippen molar-refractivity contribution in [2.24, 2.45) is 0 Å². The fourth-order valence-corrected chi connectivity index (χ4v) is 3.71. The second kappa shape index (κ2) is 8.75. The molecule has 0 radical (unpaired) electrons. The Bertz CT molecular complexity index is 915. The summed E-state index contributed by atoms with van der Waals surface area (Å²) in [6.07, 6.45) is 3.15. The van der Waals surface area contributed by atoms with Gasteiger partial charge in [0.25, 0.3) is 0 Å². The van der Waals surface area contributed by atoms with Crippen LogP contribution in [0.5, 0.6) is 0 Å². The molecule has 1 aromatic heterocycles. The van der Waals surface area contributed by atoms with E-state index in [1.54, 1.807) is 6.08 Å². The number of aryl methyl sites for hydroxylation is 1. The zero-order chi connectivity index (χ0) is 19.2. The van der Waals surface area contributed by atoms with E-state index >= 15 is 0 Å². The van der Waals surface area contributed by atoms with Crippen molar-refractivity contribution in [3.8, 4) is 0 Å². The maximum Gasteiger partial charge on any atom is 0.320 e. The lowest BCUT2D eigenvalue weighted by Crippen LogP contribution is -2.30. The van der Waals surface area contributed by atoms with E-state index in [4.69, 9.17) is 0 Å². The summed E-state index contributed by atoms with van der Waals surface area (Å²) < 4.78 is 30.6. The summed E-state index contributed by atoms with van der Waals surface area (Å²) in [7, 11) is -2.66. The van der Waals surface area contributed by atoms with E-state index < -0.39 is 22.5 Å². The molecule has 0 fully saturated rings. The fraction of sp³-hybridized carbons (Fsp3) is 0.176. The van der Waals surface area contributed by atoms with Gasteiger partial charge in [0, 0.05) is 16.6 Å². The minimum atomic E-state index is -3.83. The maximum atomic E-state index is 12.0. The van der Waals surface area contributed by atoms with Gasteiger partial charge in [0.1, 0.15) is 6.54 Å². The van der Waals surface area contributed by atoms with Crippen LogP contribution in [-0.2, 0) is 24.3 Å². The van der Waals surface area contributed by atoms with Crippen molar-refractivity contribution < 1.29 is 22.7 Å². The van der Waals surface area contributed by atoms with Gasteiger partial charge in [-0.3, -0.25) is 9.59 Å². The molecule has 2 aromatic rings. The second-order valence-corrected chi connectivity index (χ2v) is 7.93. The zero-order valence-corrected chi connectivity index (χ0v) is 15.8. The Morgan fingerprint density at radius 2 is 1.88 bits per heavy atom. The zero-order valence-electron chi connectivity index (χ0n) is 14.2. The molecule has 0 atom stereocenters. The largest absolute Gasteiger partial charge is 0.468 e. The van der Waals surface area contributed by atoms with E-state index in [1.807, 2.05) is 18.4 Å². The van der Waals surface area contributed by atoms with E-state index in [1.165, 1.54) is 48.8 Å². The van der Waals surface area contributed by atoms with Crippen LogP contribution in [0, 0.1) is 6.92 Å². The average Bonchev–Trinajstić information content (AvgIpc) is 3.03. The van der Waals surface area contributed by atoms with Crippen molar-refractivity contribution in [2.75, 3.05) is 19.0 Å². The van der Waals surface area contributed by atoms with Crippen LogP contribution in [0.2, 0.25) is 0 Å². The predicted octanol–water partition coefficient (Wildman–Crippen LogP) is 2.16. The number of nitrogens with one attached hydrogen (secondary N) is 2. The molecule has 2 rings (SSSR count). The van der Waals surface area contributed by atoms with E-state index in [0.29, 0.717) is 5.69 Å². The standard InChI is InChI=1S/C17H18N2O5S2/c1-12-9-10-25-15(12)7-8-16(20)19-13-3-5-14(6-4-13)26(22,23)18-11-17(21)24-2/h3-10,18H,11H2,1-2H3,(H,19,20)/b8-7+. The van der Waals surface area contributed by atoms with Crippen LogP contribution in [0.1, 0.15) is 10.4 Å². The number of sulfonamides is 1. The van der Waals surface area contributed by atoms with Crippen LogP contribution < -0.4 is 10.0 Å². The van der Waals surface area contributed by atoms with Crippen molar-refractivity contribution in [3.05, 3.63) is 52.2 Å². The number of thiophene rings is 1. The number of methoxy groups -OCH3 is 1. The smallest absolute Gasteiger partial charge is 0.320 e. The van der Waals surface area contributed by atoms with Crippen LogP contribution in [-0.4, -0.2) is 33.9 Å². The van der Waals surface area contributed by atoms with Gasteiger partial charge in [-0.15, -0.1) is 11.3 Å². The first-order chi connectivity index (χ1) is 12.3. The van der Waals surface area contributed by atoms with Gasteiger partial charge in [0.05, 0.1) is 12.0 Å². The SMILES string of the molecule is COC(=O)CNS(=O)(=O)c1ccc(NC(=O)/C=C/c2sccc2C)cc1. The molecule has 1 aromatic carbocycles. The second-order valence-electron chi connectivity index (χ2n) is 5.22. The number of ether oxygens (including phenoxy) is 1. The van der Waals surface area contributed by atoms with Crippen molar-refractivity contribution in [1.29, 1.82) is 0 Å². The Morgan fingerprint density at radius 3 is 2.46 bits per heavy atom. The molecule has 26 heavy (non-hydrogen) atoms. The summed E-state index contributed by atoms with van der Waals surface area (Å²) in [5, 5.41) is 4.60. The lowest BCUT2D eigenvalue weighted by atomic mass is 10.2. The highest BCUT2D eigenvalue weighted by Gasteiger charge is 2.15. The molecule has 1 amide bonds. The highest BCUT2D eigenvalue weighted by Crippen LogP contribution is 2.17. The third kappa shape index (κ3) is 5.51. The van der Waals surface area contributed by atoms with Gasteiger partial charge in [-0.2, -0.15) is 4.72 Å². The Kier molecular flexibility index (Phi) is 6.67. The molecular formula is C17H18N2O5S2. The number of esters is 1. The number of anilines is 1. The topological polar surface area (TPSA) is 102 Å². The monoisotopic (exact) mass is 394 g/mol. The number of rotatable bonds is 7.